The summed E-state index contributed by atoms with van der Waals surface area (Å²) < 4.78 is 1.89. The van der Waals surface area contributed by atoms with Crippen LogP contribution >= 0.6 is 0 Å². The lowest BCUT2D eigenvalue weighted by atomic mass is 10.00. The standard InChI is InChI=1S/C30H37N5O2/c1-20-7-12-25(21(2)17-20)22(3)31-29(36)24-10-8-23(9-11-24)18-34-16-13-27-26(19-34)28(32-33(27)4)30(37)35-14-5-6-15-35/h7-12,17,22H,5-6,13-16,18-19H2,1-4H3,(H,31,36)/t22-/m1/s1. The Kier molecular flexibility index (Phi) is 7.15. The topological polar surface area (TPSA) is 70.5 Å². The van der Waals surface area contributed by atoms with Gasteiger partial charge in [0.2, 0.25) is 0 Å². The number of hydrogen-bond acceptors (Lipinski definition) is 4. The Hall–Kier alpha value is -3.45. The number of likely N-dealkylation sites (tertiary alicyclic amines) is 1. The molecule has 2 aliphatic rings. The van der Waals surface area contributed by atoms with Gasteiger partial charge < -0.3 is 10.2 Å². The second kappa shape index (κ2) is 10.5. The van der Waals surface area contributed by atoms with Crippen LogP contribution in [0.15, 0.2) is 42.5 Å². The SMILES string of the molecule is Cc1ccc([C@@H](C)NC(=O)c2ccc(CN3CCc4c(c(C(=O)N5CCCC5)nn4C)C3)cc2)c(C)c1. The van der Waals surface area contributed by atoms with Crippen molar-refractivity contribution in [2.45, 2.75) is 59.2 Å². The zero-order chi connectivity index (χ0) is 26.1. The van der Waals surface area contributed by atoms with Crippen molar-refractivity contribution in [1.82, 2.24) is 24.9 Å². The number of benzene rings is 2. The minimum atomic E-state index is -0.0675. The zero-order valence-corrected chi connectivity index (χ0v) is 22.4. The van der Waals surface area contributed by atoms with Crippen molar-refractivity contribution < 1.29 is 9.59 Å². The highest BCUT2D eigenvalue weighted by atomic mass is 16.2. The van der Waals surface area contributed by atoms with Crippen LogP contribution in [0.25, 0.3) is 0 Å². The molecule has 1 fully saturated rings. The Bertz CT molecular complexity index is 1300. The van der Waals surface area contributed by atoms with Crippen LogP contribution in [0.2, 0.25) is 0 Å². The Balaban J connectivity index is 1.22. The number of carbonyl (C=O) groups is 2. The Morgan fingerprint density at radius 3 is 2.46 bits per heavy atom. The Morgan fingerprint density at radius 2 is 1.76 bits per heavy atom. The van der Waals surface area contributed by atoms with Gasteiger partial charge >= 0.3 is 0 Å². The molecule has 3 aromatic rings. The average Bonchev–Trinajstić information content (AvgIpc) is 3.52. The fraction of sp³-hybridized carbons (Fsp3) is 0.433. The molecule has 2 aromatic carbocycles. The van der Waals surface area contributed by atoms with Crippen LogP contribution in [0.1, 0.15) is 80.2 Å². The molecular formula is C30H37N5O2. The van der Waals surface area contributed by atoms with Crippen LogP contribution in [0.4, 0.5) is 0 Å². The monoisotopic (exact) mass is 499 g/mol. The molecule has 0 spiro atoms. The molecule has 2 amide bonds. The van der Waals surface area contributed by atoms with Gasteiger partial charge in [0.05, 0.1) is 6.04 Å². The summed E-state index contributed by atoms with van der Waals surface area (Å²) >= 11 is 0. The van der Waals surface area contributed by atoms with Gasteiger partial charge in [-0.2, -0.15) is 5.10 Å². The highest BCUT2D eigenvalue weighted by Gasteiger charge is 2.30. The van der Waals surface area contributed by atoms with Gasteiger partial charge in [0.1, 0.15) is 0 Å². The van der Waals surface area contributed by atoms with Crippen LogP contribution in [-0.4, -0.2) is 51.0 Å². The van der Waals surface area contributed by atoms with Gasteiger partial charge in [0.25, 0.3) is 11.8 Å². The van der Waals surface area contributed by atoms with Gasteiger partial charge in [-0.05, 0) is 62.4 Å². The van der Waals surface area contributed by atoms with E-state index in [9.17, 15) is 9.59 Å². The highest BCUT2D eigenvalue weighted by Crippen LogP contribution is 2.26. The molecule has 1 aromatic heterocycles. The lowest BCUT2D eigenvalue weighted by Gasteiger charge is -2.28. The number of nitrogens with zero attached hydrogens (tertiary/aromatic N) is 4. The van der Waals surface area contributed by atoms with Gasteiger partial charge in [0.15, 0.2) is 5.69 Å². The third-order valence-corrected chi connectivity index (χ3v) is 7.78. The van der Waals surface area contributed by atoms with Crippen molar-refractivity contribution >= 4 is 11.8 Å². The van der Waals surface area contributed by atoms with E-state index in [2.05, 4.69) is 47.4 Å². The van der Waals surface area contributed by atoms with E-state index < -0.39 is 0 Å². The number of hydrogen-bond donors (Lipinski definition) is 1. The third kappa shape index (κ3) is 5.32. The van der Waals surface area contributed by atoms with E-state index in [1.54, 1.807) is 0 Å². The molecule has 7 heteroatoms. The molecule has 1 saturated heterocycles. The van der Waals surface area contributed by atoms with Crippen LogP contribution in [0.3, 0.4) is 0 Å². The molecule has 7 nitrogen and oxygen atoms in total. The molecule has 0 radical (unpaired) electrons. The smallest absolute Gasteiger partial charge is 0.274 e. The number of carbonyl (C=O) groups excluding carboxylic acids is 2. The quantitative estimate of drug-likeness (QED) is 0.548. The number of aryl methyl sites for hydroxylation is 3. The summed E-state index contributed by atoms with van der Waals surface area (Å²) in [6.07, 6.45) is 3.03. The minimum Gasteiger partial charge on any atom is -0.346 e. The van der Waals surface area contributed by atoms with Crippen LogP contribution < -0.4 is 5.32 Å². The van der Waals surface area contributed by atoms with E-state index in [0.29, 0.717) is 17.8 Å². The first-order valence-corrected chi connectivity index (χ1v) is 13.3. The predicted molar refractivity (Wildman–Crippen MR) is 144 cm³/mol. The number of nitrogens with one attached hydrogen (secondary N) is 1. The highest BCUT2D eigenvalue weighted by molar-refractivity contribution is 5.95. The molecule has 1 N–H and O–H groups in total. The van der Waals surface area contributed by atoms with E-state index in [1.807, 2.05) is 47.8 Å². The maximum absolute atomic E-state index is 13.1. The molecule has 194 valence electrons. The van der Waals surface area contributed by atoms with Gasteiger partial charge in [-0.25, -0.2) is 0 Å². The van der Waals surface area contributed by atoms with Crippen LogP contribution in [-0.2, 0) is 26.6 Å². The Labute approximate surface area is 219 Å². The van der Waals surface area contributed by atoms with E-state index >= 15 is 0 Å². The van der Waals surface area contributed by atoms with Gasteiger partial charge in [-0.1, -0.05) is 35.9 Å². The maximum Gasteiger partial charge on any atom is 0.274 e. The molecule has 5 rings (SSSR count). The van der Waals surface area contributed by atoms with E-state index in [4.69, 9.17) is 0 Å². The van der Waals surface area contributed by atoms with Crippen molar-refractivity contribution in [3.8, 4) is 0 Å². The number of aromatic nitrogens is 2. The van der Waals surface area contributed by atoms with E-state index in [0.717, 1.165) is 62.1 Å². The number of fused-ring (bicyclic) bond motifs is 1. The van der Waals surface area contributed by atoms with E-state index in [1.165, 1.54) is 16.8 Å². The fourth-order valence-corrected chi connectivity index (χ4v) is 5.71. The molecule has 37 heavy (non-hydrogen) atoms. The first-order chi connectivity index (χ1) is 17.8. The molecule has 0 saturated carbocycles. The summed E-state index contributed by atoms with van der Waals surface area (Å²) in [5, 5.41) is 7.75. The molecular weight excluding hydrogens is 462 g/mol. The second-order valence-corrected chi connectivity index (χ2v) is 10.6. The molecule has 3 heterocycles. The summed E-state index contributed by atoms with van der Waals surface area (Å²) in [6, 6.07) is 14.1. The van der Waals surface area contributed by atoms with Crippen molar-refractivity contribution in [2.24, 2.45) is 7.05 Å². The molecule has 1 atom stereocenters. The van der Waals surface area contributed by atoms with Crippen molar-refractivity contribution in [1.29, 1.82) is 0 Å². The normalized spacial score (nSPS) is 16.5. The lowest BCUT2D eigenvalue weighted by molar-refractivity contribution is 0.0783. The molecule has 0 unspecified atom stereocenters. The fourth-order valence-electron chi connectivity index (χ4n) is 5.71. The van der Waals surface area contributed by atoms with Crippen molar-refractivity contribution in [3.05, 3.63) is 87.2 Å². The zero-order valence-electron chi connectivity index (χ0n) is 22.4. The molecule has 0 bridgehead atoms. The van der Waals surface area contributed by atoms with Crippen molar-refractivity contribution in [3.63, 3.8) is 0 Å². The van der Waals surface area contributed by atoms with Gasteiger partial charge in [-0.15, -0.1) is 0 Å². The number of rotatable bonds is 6. The van der Waals surface area contributed by atoms with Crippen LogP contribution in [0, 0.1) is 13.8 Å². The summed E-state index contributed by atoms with van der Waals surface area (Å²) in [5.74, 6) is 0.00342. The van der Waals surface area contributed by atoms with Crippen LogP contribution in [0.5, 0.6) is 0 Å². The minimum absolute atomic E-state index is 0.0627. The summed E-state index contributed by atoms with van der Waals surface area (Å²) in [5.41, 5.74) is 8.22. The first kappa shape index (κ1) is 25.2. The Morgan fingerprint density at radius 1 is 1.03 bits per heavy atom. The maximum atomic E-state index is 13.1. The van der Waals surface area contributed by atoms with E-state index in [-0.39, 0.29) is 17.9 Å². The molecule has 0 aliphatic carbocycles. The number of amides is 2. The lowest BCUT2D eigenvalue weighted by Crippen LogP contribution is -2.33. The van der Waals surface area contributed by atoms with Gasteiger partial charge in [0, 0.05) is 63.0 Å². The van der Waals surface area contributed by atoms with Gasteiger partial charge in [-0.3, -0.25) is 19.2 Å². The summed E-state index contributed by atoms with van der Waals surface area (Å²) in [4.78, 5) is 30.3. The first-order valence-electron chi connectivity index (χ1n) is 13.3. The largest absolute Gasteiger partial charge is 0.346 e. The molecule has 2 aliphatic heterocycles. The third-order valence-electron chi connectivity index (χ3n) is 7.78. The summed E-state index contributed by atoms with van der Waals surface area (Å²) in [6.45, 7) is 10.2. The van der Waals surface area contributed by atoms with Crippen molar-refractivity contribution in [2.75, 3.05) is 19.6 Å². The summed E-state index contributed by atoms with van der Waals surface area (Å²) in [7, 11) is 1.94. The predicted octanol–water partition coefficient (Wildman–Crippen LogP) is 4.32. The second-order valence-electron chi connectivity index (χ2n) is 10.6. The average molecular weight is 500 g/mol.